The van der Waals surface area contributed by atoms with Crippen molar-refractivity contribution < 1.29 is 30.3 Å². The maximum atomic E-state index is 10.1. The van der Waals surface area contributed by atoms with Crippen LogP contribution in [0.15, 0.2) is 176 Å². The van der Waals surface area contributed by atoms with Gasteiger partial charge in [-0.3, -0.25) is 0 Å². The summed E-state index contributed by atoms with van der Waals surface area (Å²) in [5.41, 5.74) is 1.85. The molecule has 5 atom stereocenters. The highest BCUT2D eigenvalue weighted by atomic mass is 16.5. The molecule has 6 nitrogen and oxygen atoms in total. The zero-order valence-electron chi connectivity index (χ0n) is 68.6. The van der Waals surface area contributed by atoms with Gasteiger partial charge in [0.25, 0.3) is 0 Å². The molecule has 0 spiro atoms. The average Bonchev–Trinajstić information content (AvgIpc) is 0.933. The molecule has 0 aromatic heterocycles. The van der Waals surface area contributed by atoms with E-state index in [1.807, 2.05) is 117 Å². The van der Waals surface area contributed by atoms with Gasteiger partial charge in [-0.1, -0.05) is 453 Å². The minimum atomic E-state index is -0.639. The van der Waals surface area contributed by atoms with E-state index >= 15 is 0 Å². The van der Waals surface area contributed by atoms with Crippen molar-refractivity contribution in [3.63, 3.8) is 0 Å². The predicted molar refractivity (Wildman–Crippen MR) is 485 cm³/mol. The Kier molecular flexibility index (Phi) is 105. The van der Waals surface area contributed by atoms with Crippen LogP contribution in [-0.4, -0.2) is 62.2 Å². The standard InChI is InChI=1S/C21H32O2.C21H32O.C19H36O.2C18H32O.4CH4/c1-3-4-5-6-7-8-9-10-11-12-13-20(22)18-23-21-16-14-19(2)15-17-21;1-2-3-4-5-6-7-8-9-10-14-17-21(22)19-18-20-15-12-11-13-16-20;1-4-6-8-9-10-11-12-13-14-16-18-19(3,20)17-15-7-5-2;2*1-3-5-7-8-9-10-11-12-13-15-17-18(19)16-14-6-4-2;;;;/h10-17,20,22H,3-9,18H2,1-2H3;9-17,21-22H,2-8,18-19H2,1H3;13-14,16,18,20H,4-12,15,17H2,1-3H3;12-13,18-19H,3-11,14,16H2,1-2H3;8-9,12-13,15,17-19H,3-7,10-11,14,16H2,1-2H3;4*1H4/b11-10-,13-12+;10-9-,17-14+;14-13-,18-16+;13-12-;9-8-,13-12-,17-15+;;;;/t20-;21-;;2*18-;;;;/m11.00..../s1. The van der Waals surface area contributed by atoms with Crippen molar-refractivity contribution in [3.05, 3.63) is 187 Å². The quantitative estimate of drug-likeness (QED) is 0.0195. The monoisotopic (exact) mass is 1490 g/mol. The van der Waals surface area contributed by atoms with E-state index in [0.717, 1.165) is 95.6 Å². The molecule has 0 aliphatic rings. The SMILES string of the molecule is C.C.C.C.CCCC/C=C\CC/C=C\C=C\[C@@H](O)CCCCC.CCCCCCCC/C=C\C#C[C@@H](O)CCCCC.CCCCCCCC/C=C\C=C\C(C)(O)CCCCC.CCCCCCCC/C=C\C=C\[C@@H](O)CCc1ccccc1.CCCCCCCC/C=C\C=C\[C@@H](O)COc1ccc(C)cc1. The van der Waals surface area contributed by atoms with Crippen LogP contribution in [0.3, 0.4) is 0 Å². The second kappa shape index (κ2) is 97.1. The molecule has 0 heterocycles. The van der Waals surface area contributed by atoms with E-state index in [0.29, 0.717) is 0 Å². The van der Waals surface area contributed by atoms with Crippen LogP contribution < -0.4 is 4.74 Å². The normalized spacial score (nSPS) is 13.0. The number of benzene rings is 2. The van der Waals surface area contributed by atoms with Crippen LogP contribution in [0.25, 0.3) is 0 Å². The van der Waals surface area contributed by atoms with E-state index < -0.39 is 17.8 Å². The molecule has 0 aliphatic carbocycles. The number of aliphatic hydroxyl groups excluding tert-OH is 4. The third-order valence-corrected chi connectivity index (χ3v) is 17.7. The number of allylic oxidation sites excluding steroid dienone is 16. The molecule has 2 aromatic rings. The smallest absolute Gasteiger partial charge is 0.119 e. The number of aryl methyl sites for hydroxylation is 2. The van der Waals surface area contributed by atoms with Gasteiger partial charge in [-0.2, -0.15) is 0 Å². The van der Waals surface area contributed by atoms with Crippen LogP contribution in [0.5, 0.6) is 5.75 Å². The highest BCUT2D eigenvalue weighted by Crippen LogP contribution is 2.18. The molecule has 0 bridgehead atoms. The van der Waals surface area contributed by atoms with Crippen LogP contribution in [-0.2, 0) is 6.42 Å². The minimum Gasteiger partial charge on any atom is -0.491 e. The fourth-order valence-corrected chi connectivity index (χ4v) is 10.8. The Hall–Kier alpha value is -5.00. The van der Waals surface area contributed by atoms with Crippen molar-refractivity contribution in [3.8, 4) is 17.6 Å². The van der Waals surface area contributed by atoms with Crippen LogP contribution >= 0.6 is 0 Å². The largest absolute Gasteiger partial charge is 0.491 e. The lowest BCUT2D eigenvalue weighted by molar-refractivity contribution is 0.0986. The van der Waals surface area contributed by atoms with Gasteiger partial charge in [-0.15, -0.1) is 0 Å². The molecule has 620 valence electrons. The van der Waals surface area contributed by atoms with E-state index in [-0.39, 0.29) is 48.5 Å². The van der Waals surface area contributed by atoms with Crippen molar-refractivity contribution in [2.24, 2.45) is 0 Å². The molecular weight excluding hydrogens is 1310 g/mol. The Balaban J connectivity index is -0.000000232. The van der Waals surface area contributed by atoms with E-state index in [1.165, 1.54) is 223 Å². The highest BCUT2D eigenvalue weighted by molar-refractivity contribution is 5.26. The summed E-state index contributed by atoms with van der Waals surface area (Å²) in [6, 6.07) is 18.2. The van der Waals surface area contributed by atoms with Gasteiger partial charge in [0.05, 0.1) is 17.8 Å². The second-order valence-electron chi connectivity index (χ2n) is 28.5. The third kappa shape index (κ3) is 99.0. The summed E-state index contributed by atoms with van der Waals surface area (Å²) in [4.78, 5) is 0. The van der Waals surface area contributed by atoms with Crippen LogP contribution in [0.4, 0.5) is 0 Å². The number of unbranched alkanes of at least 4 members (excludes halogenated alkanes) is 33. The molecule has 0 amide bonds. The maximum Gasteiger partial charge on any atom is 0.119 e. The predicted octanol–water partition coefficient (Wildman–Crippen LogP) is 31.0. The lowest BCUT2D eigenvalue weighted by atomic mass is 9.98. The molecule has 0 saturated heterocycles. The summed E-state index contributed by atoms with van der Waals surface area (Å²) in [5, 5.41) is 49.2. The van der Waals surface area contributed by atoms with E-state index in [1.54, 1.807) is 6.08 Å². The van der Waals surface area contributed by atoms with Crippen molar-refractivity contribution in [2.75, 3.05) is 6.61 Å². The van der Waals surface area contributed by atoms with Gasteiger partial charge in [0.15, 0.2) is 0 Å². The fraction of sp³-hybridized carbons (Fsp3) is 0.663. The summed E-state index contributed by atoms with van der Waals surface area (Å²) >= 11 is 0. The number of ether oxygens (including phenoxy) is 1. The molecule has 6 heteroatoms. The Bertz CT molecular complexity index is 2370. The number of hydrogen-bond donors (Lipinski definition) is 5. The first-order valence-electron chi connectivity index (χ1n) is 42.6. The van der Waals surface area contributed by atoms with Gasteiger partial charge in [0, 0.05) is 0 Å². The Morgan fingerprint density at radius 2 is 0.729 bits per heavy atom. The van der Waals surface area contributed by atoms with Crippen LogP contribution in [0.2, 0.25) is 0 Å². The van der Waals surface area contributed by atoms with Gasteiger partial charge in [0.1, 0.15) is 24.6 Å². The first-order valence-corrected chi connectivity index (χ1v) is 42.6. The van der Waals surface area contributed by atoms with Crippen LogP contribution in [0.1, 0.15) is 399 Å². The first-order chi connectivity index (χ1) is 50.3. The number of rotatable bonds is 60. The van der Waals surface area contributed by atoms with Gasteiger partial charge in [0.2, 0.25) is 0 Å². The summed E-state index contributed by atoms with van der Waals surface area (Å²) in [6.45, 7) is 22.0. The van der Waals surface area contributed by atoms with E-state index in [4.69, 9.17) is 4.74 Å². The van der Waals surface area contributed by atoms with Crippen molar-refractivity contribution >= 4 is 0 Å². The number of aliphatic hydroxyl groups is 5. The summed E-state index contributed by atoms with van der Waals surface area (Å²) in [7, 11) is 0. The van der Waals surface area contributed by atoms with Gasteiger partial charge in [-0.05, 0) is 147 Å². The molecule has 2 rings (SSSR count). The molecule has 0 aliphatic heterocycles. The van der Waals surface area contributed by atoms with Crippen molar-refractivity contribution in [1.82, 2.24) is 0 Å². The third-order valence-electron chi connectivity index (χ3n) is 17.7. The minimum absolute atomic E-state index is 0. The Labute approximate surface area is 668 Å². The maximum absolute atomic E-state index is 10.1. The molecule has 5 N–H and O–H groups in total. The fourth-order valence-electron chi connectivity index (χ4n) is 10.8. The molecule has 0 saturated carbocycles. The Morgan fingerprint density at radius 3 is 1.21 bits per heavy atom. The van der Waals surface area contributed by atoms with Crippen molar-refractivity contribution in [1.29, 1.82) is 0 Å². The second-order valence-corrected chi connectivity index (χ2v) is 28.5. The van der Waals surface area contributed by atoms with Gasteiger partial charge in [-0.25, -0.2) is 0 Å². The van der Waals surface area contributed by atoms with Gasteiger partial charge < -0.3 is 30.3 Å². The molecule has 2 aromatic carbocycles. The Morgan fingerprint density at radius 1 is 0.364 bits per heavy atom. The lowest BCUT2D eigenvalue weighted by Crippen LogP contribution is -2.20. The zero-order chi connectivity index (χ0) is 76.1. The topological polar surface area (TPSA) is 110 Å². The zero-order valence-corrected chi connectivity index (χ0v) is 68.6. The molecule has 1 unspecified atom stereocenters. The molecule has 0 fully saturated rings. The number of hydrogen-bond acceptors (Lipinski definition) is 6. The molecule has 0 radical (unpaired) electrons. The summed E-state index contributed by atoms with van der Waals surface area (Å²) in [5.74, 6) is 6.62. The highest BCUT2D eigenvalue weighted by Gasteiger charge is 2.14. The van der Waals surface area contributed by atoms with Crippen molar-refractivity contribution in [2.45, 2.75) is 431 Å². The summed E-state index contributed by atoms with van der Waals surface area (Å²) < 4.78 is 5.54. The van der Waals surface area contributed by atoms with E-state index in [2.05, 4.69) is 134 Å². The molecular formula is C101H180O6. The molecule has 107 heavy (non-hydrogen) atoms. The van der Waals surface area contributed by atoms with Crippen LogP contribution in [0, 0.1) is 18.8 Å². The average molecular weight is 1490 g/mol. The van der Waals surface area contributed by atoms with Gasteiger partial charge >= 0.3 is 0 Å². The van der Waals surface area contributed by atoms with E-state index in [9.17, 15) is 25.5 Å². The summed E-state index contributed by atoms with van der Waals surface area (Å²) in [6.07, 6.45) is 96.8. The lowest BCUT2D eigenvalue weighted by Gasteiger charge is -2.18. The first kappa shape index (κ1) is 115.